The van der Waals surface area contributed by atoms with Crippen LogP contribution in [0.25, 0.3) is 0 Å². The van der Waals surface area contributed by atoms with Crippen molar-refractivity contribution in [2.45, 2.75) is 50.2 Å². The van der Waals surface area contributed by atoms with Crippen LogP contribution in [-0.4, -0.2) is 28.8 Å². The molecule has 0 bridgehead atoms. The quantitative estimate of drug-likeness (QED) is 0.799. The van der Waals surface area contributed by atoms with Gasteiger partial charge in [0.15, 0.2) is 0 Å². The van der Waals surface area contributed by atoms with Crippen LogP contribution in [0.3, 0.4) is 0 Å². The summed E-state index contributed by atoms with van der Waals surface area (Å²) in [7, 11) is 0. The molecule has 1 saturated carbocycles. The molecule has 0 aromatic carbocycles. The van der Waals surface area contributed by atoms with E-state index in [1.165, 1.54) is 25.7 Å². The first-order valence-corrected chi connectivity index (χ1v) is 8.11. The number of carbonyl (C=O) groups excluding carboxylic acids is 1. The molecule has 1 amide bonds. The Hall–Kier alpha value is 0.110. The lowest BCUT2D eigenvalue weighted by molar-refractivity contribution is -0.123. The van der Waals surface area contributed by atoms with Gasteiger partial charge in [0.1, 0.15) is 0 Å². The van der Waals surface area contributed by atoms with Crippen LogP contribution >= 0.6 is 23.4 Å². The second-order valence-electron chi connectivity index (χ2n) is 5.71. The van der Waals surface area contributed by atoms with Gasteiger partial charge in [-0.2, -0.15) is 0 Å². The molecule has 2 aliphatic rings. The molecule has 0 aromatic rings. The van der Waals surface area contributed by atoms with Crippen LogP contribution in [-0.2, 0) is 4.79 Å². The van der Waals surface area contributed by atoms with Crippen molar-refractivity contribution in [2.24, 2.45) is 5.41 Å². The molecule has 1 aliphatic heterocycles. The molecular formula is C13H22ClNOS. The molecule has 0 aromatic heterocycles. The second-order valence-corrected chi connectivity index (χ2v) is 7.57. The number of thioether (sulfide) groups is 1. The third-order valence-corrected chi connectivity index (χ3v) is 6.36. The predicted molar refractivity (Wildman–Crippen MR) is 74.7 cm³/mol. The largest absolute Gasteiger partial charge is 0.354 e. The summed E-state index contributed by atoms with van der Waals surface area (Å²) in [5, 5.41) is 3.15. The maximum atomic E-state index is 12.2. The monoisotopic (exact) mass is 275 g/mol. The van der Waals surface area contributed by atoms with Crippen molar-refractivity contribution in [3.05, 3.63) is 0 Å². The van der Waals surface area contributed by atoms with E-state index >= 15 is 0 Å². The summed E-state index contributed by atoms with van der Waals surface area (Å²) in [5.41, 5.74) is 0.177. The van der Waals surface area contributed by atoms with Gasteiger partial charge in [0.25, 0.3) is 0 Å². The highest BCUT2D eigenvalue weighted by molar-refractivity contribution is 8.01. The number of hydrogen-bond acceptors (Lipinski definition) is 2. The van der Waals surface area contributed by atoms with E-state index in [9.17, 15) is 4.79 Å². The molecule has 1 saturated heterocycles. The van der Waals surface area contributed by atoms with Crippen molar-refractivity contribution in [3.63, 3.8) is 0 Å². The van der Waals surface area contributed by atoms with Crippen LogP contribution in [0.4, 0.5) is 0 Å². The van der Waals surface area contributed by atoms with Crippen molar-refractivity contribution in [1.82, 2.24) is 5.32 Å². The maximum Gasteiger partial charge on any atom is 0.235 e. The van der Waals surface area contributed by atoms with Crippen LogP contribution in [0.15, 0.2) is 0 Å². The Bertz CT molecular complexity index is 283. The summed E-state index contributed by atoms with van der Waals surface area (Å²) in [6, 6.07) is 0. The van der Waals surface area contributed by atoms with Crippen molar-refractivity contribution in [1.29, 1.82) is 0 Å². The zero-order valence-corrected chi connectivity index (χ0v) is 12.1. The average molecular weight is 276 g/mol. The van der Waals surface area contributed by atoms with Gasteiger partial charge in [-0.3, -0.25) is 4.79 Å². The molecule has 1 atom stereocenters. The van der Waals surface area contributed by atoms with E-state index in [-0.39, 0.29) is 16.1 Å². The van der Waals surface area contributed by atoms with Gasteiger partial charge < -0.3 is 5.32 Å². The molecule has 17 heavy (non-hydrogen) atoms. The highest BCUT2D eigenvalue weighted by Crippen LogP contribution is 2.40. The summed E-state index contributed by atoms with van der Waals surface area (Å²) < 4.78 is -0.188. The van der Waals surface area contributed by atoms with Crippen molar-refractivity contribution in [3.8, 4) is 0 Å². The summed E-state index contributed by atoms with van der Waals surface area (Å²) >= 11 is 7.88. The van der Waals surface area contributed by atoms with E-state index in [4.69, 9.17) is 11.6 Å². The predicted octanol–water partition coefficient (Wildman–Crippen LogP) is 3.19. The number of alkyl halides is 1. The third-order valence-electron chi connectivity index (χ3n) is 4.27. The Balaban J connectivity index is 1.87. The van der Waals surface area contributed by atoms with Gasteiger partial charge in [0.05, 0.1) is 4.75 Å². The van der Waals surface area contributed by atoms with Crippen LogP contribution in [0.2, 0.25) is 0 Å². The van der Waals surface area contributed by atoms with Gasteiger partial charge >= 0.3 is 0 Å². The van der Waals surface area contributed by atoms with Crippen LogP contribution in [0, 0.1) is 5.41 Å². The van der Waals surface area contributed by atoms with Crippen LogP contribution < -0.4 is 5.32 Å². The van der Waals surface area contributed by atoms with Gasteiger partial charge in [0.2, 0.25) is 5.91 Å². The van der Waals surface area contributed by atoms with Gasteiger partial charge in [-0.25, -0.2) is 0 Å². The SMILES string of the molecule is CC1(C(=O)NCC2(CCl)CCCC2)CCCS1. The smallest absolute Gasteiger partial charge is 0.235 e. The third kappa shape index (κ3) is 2.93. The van der Waals surface area contributed by atoms with E-state index in [0.717, 1.165) is 25.1 Å². The first kappa shape index (κ1) is 13.5. The number of nitrogens with one attached hydrogen (secondary N) is 1. The fourth-order valence-electron chi connectivity index (χ4n) is 2.90. The fourth-order valence-corrected chi connectivity index (χ4v) is 4.49. The Morgan fingerprint density at radius 1 is 1.29 bits per heavy atom. The molecule has 1 heterocycles. The lowest BCUT2D eigenvalue weighted by Gasteiger charge is -2.29. The fraction of sp³-hybridized carbons (Fsp3) is 0.923. The number of halogens is 1. The zero-order chi connectivity index (χ0) is 12.4. The Kier molecular flexibility index (Phi) is 4.30. The number of hydrogen-bond donors (Lipinski definition) is 1. The second kappa shape index (κ2) is 5.40. The number of rotatable bonds is 4. The molecule has 0 spiro atoms. The van der Waals surface area contributed by atoms with E-state index in [0.29, 0.717) is 5.88 Å². The lowest BCUT2D eigenvalue weighted by Crippen LogP contribution is -2.45. The Labute approximate surface area is 113 Å². The summed E-state index contributed by atoms with van der Waals surface area (Å²) in [4.78, 5) is 12.2. The van der Waals surface area contributed by atoms with Crippen molar-refractivity contribution in [2.75, 3.05) is 18.2 Å². The molecular weight excluding hydrogens is 254 g/mol. The van der Waals surface area contributed by atoms with E-state index in [2.05, 4.69) is 12.2 Å². The number of amides is 1. The first-order chi connectivity index (χ1) is 8.10. The molecule has 0 radical (unpaired) electrons. The summed E-state index contributed by atoms with van der Waals surface area (Å²) in [6.07, 6.45) is 7.02. The topological polar surface area (TPSA) is 29.1 Å². The van der Waals surface area contributed by atoms with Gasteiger partial charge in [0, 0.05) is 17.8 Å². The molecule has 1 unspecified atom stereocenters. The van der Waals surface area contributed by atoms with Gasteiger partial charge in [-0.05, 0) is 38.4 Å². The van der Waals surface area contributed by atoms with E-state index in [1.807, 2.05) is 0 Å². The van der Waals surface area contributed by atoms with Gasteiger partial charge in [-0.15, -0.1) is 23.4 Å². The molecule has 2 rings (SSSR count). The molecule has 4 heteroatoms. The highest BCUT2D eigenvalue weighted by Gasteiger charge is 2.39. The maximum absolute atomic E-state index is 12.2. The number of carbonyl (C=O) groups is 1. The molecule has 98 valence electrons. The minimum Gasteiger partial charge on any atom is -0.354 e. The Morgan fingerprint density at radius 2 is 2.00 bits per heavy atom. The standard InChI is InChI=1S/C13H22ClNOS/c1-12(5-4-8-17-12)11(16)15-10-13(9-14)6-2-3-7-13/h2-10H2,1H3,(H,15,16). The van der Waals surface area contributed by atoms with Crippen molar-refractivity contribution >= 4 is 29.3 Å². The molecule has 1 aliphatic carbocycles. The van der Waals surface area contributed by atoms with E-state index < -0.39 is 0 Å². The van der Waals surface area contributed by atoms with E-state index in [1.54, 1.807) is 11.8 Å². The minimum absolute atomic E-state index is 0.177. The Morgan fingerprint density at radius 3 is 2.53 bits per heavy atom. The van der Waals surface area contributed by atoms with Crippen LogP contribution in [0.5, 0.6) is 0 Å². The lowest BCUT2D eigenvalue weighted by atomic mass is 9.88. The zero-order valence-electron chi connectivity index (χ0n) is 10.6. The molecule has 2 nitrogen and oxygen atoms in total. The average Bonchev–Trinajstić information content (AvgIpc) is 2.96. The minimum atomic E-state index is -0.188. The normalized spacial score (nSPS) is 31.6. The van der Waals surface area contributed by atoms with Crippen molar-refractivity contribution < 1.29 is 4.79 Å². The summed E-state index contributed by atoms with van der Waals surface area (Å²) in [6.45, 7) is 2.84. The summed E-state index contributed by atoms with van der Waals surface area (Å²) in [5.74, 6) is 2.01. The molecule has 2 fully saturated rings. The highest BCUT2D eigenvalue weighted by atomic mass is 35.5. The van der Waals surface area contributed by atoms with Gasteiger partial charge in [-0.1, -0.05) is 12.8 Å². The first-order valence-electron chi connectivity index (χ1n) is 6.59. The van der Waals surface area contributed by atoms with Crippen LogP contribution in [0.1, 0.15) is 45.4 Å². The molecule has 1 N–H and O–H groups in total.